The van der Waals surface area contributed by atoms with Crippen LogP contribution in [0.1, 0.15) is 57.8 Å². The summed E-state index contributed by atoms with van der Waals surface area (Å²) in [5.41, 5.74) is 0.662. The maximum atomic E-state index is 11.3. The van der Waals surface area contributed by atoms with Crippen molar-refractivity contribution in [2.45, 2.75) is 69.9 Å². The number of aliphatic carboxylic acids is 1. The van der Waals surface area contributed by atoms with Crippen LogP contribution < -0.4 is 5.32 Å². The molecule has 3 fully saturated rings. The fourth-order valence-corrected chi connectivity index (χ4v) is 4.00. The van der Waals surface area contributed by atoms with Crippen LogP contribution in [0.25, 0.3) is 0 Å². The molecule has 0 radical (unpaired) electrons. The second kappa shape index (κ2) is 6.02. The van der Waals surface area contributed by atoms with Crippen LogP contribution in [0.15, 0.2) is 0 Å². The van der Waals surface area contributed by atoms with Gasteiger partial charge in [-0.1, -0.05) is 12.8 Å². The predicted octanol–water partition coefficient (Wildman–Crippen LogP) is 2.24. The first-order chi connectivity index (χ1) is 9.67. The fraction of sp³-hybridized carbons (Fsp3) is 0.938. The third-order valence-electron chi connectivity index (χ3n) is 5.63. The SMILES string of the molecule is O=C(O)C(CCN1CCC2(CCCC2)CC1)NC1CC1. The second-order valence-corrected chi connectivity index (χ2v) is 7.17. The maximum absolute atomic E-state index is 11.3. The van der Waals surface area contributed by atoms with Gasteiger partial charge in [0, 0.05) is 12.6 Å². The van der Waals surface area contributed by atoms with Gasteiger partial charge in [0.15, 0.2) is 0 Å². The summed E-state index contributed by atoms with van der Waals surface area (Å²) in [6.07, 6.45) is 11.4. The van der Waals surface area contributed by atoms with Crippen molar-refractivity contribution in [2.75, 3.05) is 19.6 Å². The Morgan fingerprint density at radius 1 is 1.20 bits per heavy atom. The van der Waals surface area contributed by atoms with Gasteiger partial charge in [-0.3, -0.25) is 4.79 Å². The molecule has 1 atom stereocenters. The topological polar surface area (TPSA) is 52.6 Å². The maximum Gasteiger partial charge on any atom is 0.320 e. The molecule has 4 heteroatoms. The highest BCUT2D eigenvalue weighted by atomic mass is 16.4. The molecule has 1 unspecified atom stereocenters. The van der Waals surface area contributed by atoms with E-state index in [0.29, 0.717) is 11.5 Å². The van der Waals surface area contributed by atoms with Crippen molar-refractivity contribution >= 4 is 5.97 Å². The molecule has 2 aliphatic carbocycles. The van der Waals surface area contributed by atoms with Gasteiger partial charge in [0.1, 0.15) is 6.04 Å². The van der Waals surface area contributed by atoms with Gasteiger partial charge in [-0.2, -0.15) is 0 Å². The van der Waals surface area contributed by atoms with Gasteiger partial charge in [-0.15, -0.1) is 0 Å². The van der Waals surface area contributed by atoms with E-state index in [9.17, 15) is 9.90 Å². The highest BCUT2D eigenvalue weighted by molar-refractivity contribution is 5.73. The number of hydrogen-bond acceptors (Lipinski definition) is 3. The Balaban J connectivity index is 1.40. The van der Waals surface area contributed by atoms with Crippen LogP contribution in [0.2, 0.25) is 0 Å². The van der Waals surface area contributed by atoms with E-state index in [2.05, 4.69) is 10.2 Å². The Morgan fingerprint density at radius 3 is 2.40 bits per heavy atom. The van der Waals surface area contributed by atoms with Crippen molar-refractivity contribution in [1.29, 1.82) is 0 Å². The average Bonchev–Trinajstić information content (AvgIpc) is 3.15. The number of carboxylic acids is 1. The van der Waals surface area contributed by atoms with Crippen molar-refractivity contribution in [3.63, 3.8) is 0 Å². The molecule has 0 aromatic rings. The minimum atomic E-state index is -0.679. The first kappa shape index (κ1) is 14.3. The summed E-state index contributed by atoms with van der Waals surface area (Å²) < 4.78 is 0. The molecular weight excluding hydrogens is 252 g/mol. The first-order valence-corrected chi connectivity index (χ1v) is 8.38. The summed E-state index contributed by atoms with van der Waals surface area (Å²) in [6.45, 7) is 3.29. The number of carboxylic acid groups (broad SMARTS) is 1. The van der Waals surface area contributed by atoms with Gasteiger partial charge in [-0.25, -0.2) is 0 Å². The molecule has 0 bridgehead atoms. The Hall–Kier alpha value is -0.610. The molecule has 1 aliphatic heterocycles. The first-order valence-electron chi connectivity index (χ1n) is 8.38. The molecule has 3 rings (SSSR count). The van der Waals surface area contributed by atoms with Crippen molar-refractivity contribution in [1.82, 2.24) is 10.2 Å². The van der Waals surface area contributed by atoms with E-state index in [1.54, 1.807) is 0 Å². The summed E-state index contributed by atoms with van der Waals surface area (Å²) in [5, 5.41) is 12.5. The van der Waals surface area contributed by atoms with E-state index in [4.69, 9.17) is 0 Å². The molecule has 1 saturated heterocycles. The minimum absolute atomic E-state index is 0.343. The van der Waals surface area contributed by atoms with Crippen LogP contribution in [0.5, 0.6) is 0 Å². The van der Waals surface area contributed by atoms with E-state index < -0.39 is 5.97 Å². The molecule has 2 N–H and O–H groups in total. The Bertz CT molecular complexity index is 338. The predicted molar refractivity (Wildman–Crippen MR) is 78.8 cm³/mol. The van der Waals surface area contributed by atoms with Crippen molar-refractivity contribution < 1.29 is 9.90 Å². The van der Waals surface area contributed by atoms with E-state index in [0.717, 1.165) is 25.8 Å². The van der Waals surface area contributed by atoms with Crippen LogP contribution in [-0.2, 0) is 4.79 Å². The number of piperidine rings is 1. The number of rotatable bonds is 6. The summed E-state index contributed by atoms with van der Waals surface area (Å²) >= 11 is 0. The number of carbonyl (C=O) groups is 1. The Morgan fingerprint density at radius 2 is 1.85 bits per heavy atom. The lowest BCUT2D eigenvalue weighted by Gasteiger charge is -2.39. The van der Waals surface area contributed by atoms with Gasteiger partial charge in [0.2, 0.25) is 0 Å². The molecular formula is C16H28N2O2. The molecule has 1 heterocycles. The quantitative estimate of drug-likeness (QED) is 0.783. The molecule has 0 amide bonds. The molecule has 3 aliphatic rings. The summed E-state index contributed by atoms with van der Waals surface area (Å²) in [6, 6.07) is 0.129. The van der Waals surface area contributed by atoms with Crippen molar-refractivity contribution in [3.05, 3.63) is 0 Å². The van der Waals surface area contributed by atoms with Crippen LogP contribution in [0.3, 0.4) is 0 Å². The zero-order valence-corrected chi connectivity index (χ0v) is 12.4. The molecule has 114 valence electrons. The third kappa shape index (κ3) is 3.53. The number of nitrogens with one attached hydrogen (secondary N) is 1. The molecule has 4 nitrogen and oxygen atoms in total. The van der Waals surface area contributed by atoms with Crippen LogP contribution in [-0.4, -0.2) is 47.7 Å². The second-order valence-electron chi connectivity index (χ2n) is 7.17. The number of nitrogens with zero attached hydrogens (tertiary/aromatic N) is 1. The molecule has 0 aromatic carbocycles. The fourth-order valence-electron chi connectivity index (χ4n) is 4.00. The van der Waals surface area contributed by atoms with E-state index in [1.165, 1.54) is 51.6 Å². The lowest BCUT2D eigenvalue weighted by molar-refractivity contribution is -0.139. The third-order valence-corrected chi connectivity index (χ3v) is 5.63. The largest absolute Gasteiger partial charge is 0.480 e. The molecule has 1 spiro atoms. The van der Waals surface area contributed by atoms with E-state index >= 15 is 0 Å². The standard InChI is InChI=1S/C16H28N2O2/c19-15(20)14(17-13-3-4-13)5-10-18-11-8-16(9-12-18)6-1-2-7-16/h13-14,17H,1-12H2,(H,19,20). The van der Waals surface area contributed by atoms with E-state index in [-0.39, 0.29) is 6.04 Å². The highest BCUT2D eigenvalue weighted by Crippen LogP contribution is 2.46. The average molecular weight is 280 g/mol. The zero-order chi connectivity index (χ0) is 14.0. The lowest BCUT2D eigenvalue weighted by Crippen LogP contribution is -2.44. The molecule has 0 aromatic heterocycles. The Kier molecular flexibility index (Phi) is 4.32. The summed E-state index contributed by atoms with van der Waals surface area (Å²) in [4.78, 5) is 13.7. The van der Waals surface area contributed by atoms with Crippen molar-refractivity contribution in [3.8, 4) is 0 Å². The van der Waals surface area contributed by atoms with Gasteiger partial charge in [0.25, 0.3) is 0 Å². The minimum Gasteiger partial charge on any atom is -0.480 e. The van der Waals surface area contributed by atoms with Gasteiger partial charge in [0.05, 0.1) is 0 Å². The lowest BCUT2D eigenvalue weighted by atomic mass is 9.77. The zero-order valence-electron chi connectivity index (χ0n) is 12.4. The monoisotopic (exact) mass is 280 g/mol. The van der Waals surface area contributed by atoms with Gasteiger partial charge < -0.3 is 15.3 Å². The Labute approximate surface area is 121 Å². The summed E-state index contributed by atoms with van der Waals surface area (Å²) in [7, 11) is 0. The van der Waals surface area contributed by atoms with Gasteiger partial charge >= 0.3 is 5.97 Å². The van der Waals surface area contributed by atoms with Crippen LogP contribution in [0, 0.1) is 5.41 Å². The smallest absolute Gasteiger partial charge is 0.320 e. The normalized spacial score (nSPS) is 27.8. The van der Waals surface area contributed by atoms with Crippen LogP contribution in [0.4, 0.5) is 0 Å². The molecule has 20 heavy (non-hydrogen) atoms. The van der Waals surface area contributed by atoms with E-state index in [1.807, 2.05) is 0 Å². The van der Waals surface area contributed by atoms with Gasteiger partial charge in [-0.05, 0) is 63.5 Å². The summed E-state index contributed by atoms with van der Waals surface area (Å²) in [5.74, 6) is -0.679. The van der Waals surface area contributed by atoms with Crippen molar-refractivity contribution in [2.24, 2.45) is 5.41 Å². The van der Waals surface area contributed by atoms with Crippen LogP contribution >= 0.6 is 0 Å². The number of likely N-dealkylation sites (tertiary alicyclic amines) is 1. The highest BCUT2D eigenvalue weighted by Gasteiger charge is 2.37. The number of hydrogen-bond donors (Lipinski definition) is 2. The molecule has 2 saturated carbocycles.